The maximum atomic E-state index is 14.3. The summed E-state index contributed by atoms with van der Waals surface area (Å²) in [7, 11) is 0. The minimum absolute atomic E-state index is 0.164. The first-order valence-corrected chi connectivity index (χ1v) is 10.0. The predicted octanol–water partition coefficient (Wildman–Crippen LogP) is 3.88. The van der Waals surface area contributed by atoms with Crippen molar-refractivity contribution in [2.45, 2.75) is 38.8 Å². The van der Waals surface area contributed by atoms with Crippen LogP contribution in [0.4, 0.5) is 10.2 Å². The monoisotopic (exact) mass is 391 g/mol. The summed E-state index contributed by atoms with van der Waals surface area (Å²) in [5.41, 5.74) is 0.983. The van der Waals surface area contributed by atoms with Crippen molar-refractivity contribution in [1.29, 1.82) is 0 Å². The standard InChI is InChI=1S/C21H22FN7/c1-2-27-14-12-23-21(27)17-9-5-6-13-28(17)19-11-10-18-24-25-20(29(18)26-19)15-7-3-4-8-16(15)22/h3-4,7-8,10-12,14,17H,2,5-6,9,13H2,1H3. The topological polar surface area (TPSA) is 64.1 Å². The highest BCUT2D eigenvalue weighted by Crippen LogP contribution is 2.33. The van der Waals surface area contributed by atoms with Gasteiger partial charge in [0.05, 0.1) is 11.6 Å². The summed E-state index contributed by atoms with van der Waals surface area (Å²) in [5.74, 6) is 1.95. The molecule has 1 aliphatic rings. The number of fused-ring (bicyclic) bond motifs is 1. The molecular formula is C21H22FN7. The normalized spacial score (nSPS) is 17.2. The lowest BCUT2D eigenvalue weighted by molar-refractivity contribution is 0.437. The van der Waals surface area contributed by atoms with E-state index in [1.54, 1.807) is 22.7 Å². The maximum absolute atomic E-state index is 14.3. The lowest BCUT2D eigenvalue weighted by Gasteiger charge is -2.36. The molecule has 0 radical (unpaired) electrons. The lowest BCUT2D eigenvalue weighted by Crippen LogP contribution is -2.36. The average molecular weight is 391 g/mol. The second-order valence-corrected chi connectivity index (χ2v) is 7.24. The molecule has 8 heteroatoms. The van der Waals surface area contributed by atoms with Gasteiger partial charge in [0.15, 0.2) is 11.5 Å². The van der Waals surface area contributed by atoms with Crippen molar-refractivity contribution in [2.24, 2.45) is 0 Å². The average Bonchev–Trinajstić information content (AvgIpc) is 3.40. The van der Waals surface area contributed by atoms with Gasteiger partial charge in [-0.3, -0.25) is 0 Å². The molecule has 148 valence electrons. The van der Waals surface area contributed by atoms with Crippen LogP contribution < -0.4 is 4.90 Å². The quantitative estimate of drug-likeness (QED) is 0.528. The molecule has 1 atom stereocenters. The van der Waals surface area contributed by atoms with Gasteiger partial charge in [0.25, 0.3) is 0 Å². The first-order chi connectivity index (χ1) is 14.3. The molecule has 7 nitrogen and oxygen atoms in total. The molecule has 5 rings (SSSR count). The molecule has 0 saturated carbocycles. The zero-order valence-electron chi connectivity index (χ0n) is 16.2. The summed E-state index contributed by atoms with van der Waals surface area (Å²) in [6, 6.07) is 10.6. The fourth-order valence-electron chi connectivity index (χ4n) is 4.10. The van der Waals surface area contributed by atoms with E-state index in [0.717, 1.165) is 44.0 Å². The first kappa shape index (κ1) is 17.8. The maximum Gasteiger partial charge on any atom is 0.188 e. The highest BCUT2D eigenvalue weighted by molar-refractivity contribution is 5.60. The molecule has 1 aliphatic heterocycles. The van der Waals surface area contributed by atoms with Crippen LogP contribution in [0.25, 0.3) is 17.0 Å². The summed E-state index contributed by atoms with van der Waals surface area (Å²) in [6.45, 7) is 3.91. The molecule has 1 fully saturated rings. The largest absolute Gasteiger partial charge is 0.345 e. The van der Waals surface area contributed by atoms with Crippen LogP contribution in [0.15, 0.2) is 48.8 Å². The Kier molecular flexibility index (Phi) is 4.46. The number of imidazole rings is 1. The van der Waals surface area contributed by atoms with Crippen molar-refractivity contribution in [2.75, 3.05) is 11.4 Å². The number of rotatable bonds is 4. The molecule has 4 aromatic rings. The van der Waals surface area contributed by atoms with Crippen LogP contribution in [-0.2, 0) is 6.54 Å². The molecule has 0 N–H and O–H groups in total. The molecular weight excluding hydrogens is 369 g/mol. The van der Waals surface area contributed by atoms with Gasteiger partial charge < -0.3 is 9.47 Å². The van der Waals surface area contributed by atoms with Gasteiger partial charge in [0, 0.05) is 25.5 Å². The third-order valence-electron chi connectivity index (χ3n) is 5.55. The van der Waals surface area contributed by atoms with E-state index < -0.39 is 0 Å². The Morgan fingerprint density at radius 2 is 2.00 bits per heavy atom. The number of benzene rings is 1. The van der Waals surface area contributed by atoms with E-state index in [9.17, 15) is 4.39 Å². The molecule has 3 aromatic heterocycles. The Morgan fingerprint density at radius 1 is 1.10 bits per heavy atom. The number of aryl methyl sites for hydroxylation is 1. The number of piperidine rings is 1. The van der Waals surface area contributed by atoms with Crippen LogP contribution in [0.2, 0.25) is 0 Å². The van der Waals surface area contributed by atoms with E-state index in [-0.39, 0.29) is 11.9 Å². The molecule has 0 aliphatic carbocycles. The van der Waals surface area contributed by atoms with Crippen LogP contribution in [0.5, 0.6) is 0 Å². The Balaban J connectivity index is 1.59. The molecule has 4 heterocycles. The zero-order valence-corrected chi connectivity index (χ0v) is 16.2. The van der Waals surface area contributed by atoms with Gasteiger partial charge in [-0.1, -0.05) is 12.1 Å². The first-order valence-electron chi connectivity index (χ1n) is 10.0. The summed E-state index contributed by atoms with van der Waals surface area (Å²) in [6.07, 6.45) is 7.17. The Labute approximate surface area is 167 Å². The molecule has 1 saturated heterocycles. The van der Waals surface area contributed by atoms with Crippen molar-refractivity contribution < 1.29 is 4.39 Å². The highest BCUT2D eigenvalue weighted by Gasteiger charge is 2.29. The van der Waals surface area contributed by atoms with Crippen LogP contribution >= 0.6 is 0 Å². The van der Waals surface area contributed by atoms with Crippen molar-refractivity contribution in [3.8, 4) is 11.4 Å². The smallest absolute Gasteiger partial charge is 0.188 e. The highest BCUT2D eigenvalue weighted by atomic mass is 19.1. The van der Waals surface area contributed by atoms with Crippen LogP contribution in [0.1, 0.15) is 38.1 Å². The van der Waals surface area contributed by atoms with E-state index in [0.29, 0.717) is 17.0 Å². The van der Waals surface area contributed by atoms with Crippen LogP contribution in [-0.4, -0.2) is 35.9 Å². The summed E-state index contributed by atoms with van der Waals surface area (Å²) < 4.78 is 18.2. The number of aromatic nitrogens is 6. The minimum atomic E-state index is -0.338. The SMILES string of the molecule is CCn1ccnc1C1CCCCN1c1ccc2nnc(-c3ccccc3F)n2n1. The van der Waals surface area contributed by atoms with Gasteiger partial charge in [0.2, 0.25) is 0 Å². The fourth-order valence-corrected chi connectivity index (χ4v) is 4.10. The van der Waals surface area contributed by atoms with E-state index in [1.807, 2.05) is 24.5 Å². The number of anilines is 1. The summed E-state index contributed by atoms with van der Waals surface area (Å²) in [4.78, 5) is 6.92. The number of hydrogen-bond acceptors (Lipinski definition) is 5. The van der Waals surface area contributed by atoms with Crippen LogP contribution in [0.3, 0.4) is 0 Å². The molecule has 1 aromatic carbocycles. The number of nitrogens with zero attached hydrogens (tertiary/aromatic N) is 7. The van der Waals surface area contributed by atoms with Crippen molar-refractivity contribution in [3.05, 3.63) is 60.4 Å². The zero-order chi connectivity index (χ0) is 19.8. The Bertz CT molecular complexity index is 1150. The van der Waals surface area contributed by atoms with Crippen LogP contribution in [0, 0.1) is 5.82 Å². The van der Waals surface area contributed by atoms with Gasteiger partial charge in [0.1, 0.15) is 17.5 Å². The van der Waals surface area contributed by atoms with E-state index in [1.165, 1.54) is 6.07 Å². The number of halogens is 1. The van der Waals surface area contributed by atoms with E-state index >= 15 is 0 Å². The molecule has 1 unspecified atom stereocenters. The predicted molar refractivity (Wildman–Crippen MR) is 108 cm³/mol. The third-order valence-corrected chi connectivity index (χ3v) is 5.55. The van der Waals surface area contributed by atoms with Gasteiger partial charge in [-0.25, -0.2) is 9.37 Å². The number of hydrogen-bond donors (Lipinski definition) is 0. The molecule has 0 bridgehead atoms. The third kappa shape index (κ3) is 3.04. The van der Waals surface area contributed by atoms with Crippen molar-refractivity contribution in [1.82, 2.24) is 29.4 Å². The summed E-state index contributed by atoms with van der Waals surface area (Å²) in [5, 5.41) is 13.2. The molecule has 29 heavy (non-hydrogen) atoms. The van der Waals surface area contributed by atoms with E-state index in [4.69, 9.17) is 5.10 Å². The Morgan fingerprint density at radius 3 is 2.86 bits per heavy atom. The summed E-state index contributed by atoms with van der Waals surface area (Å²) >= 11 is 0. The van der Waals surface area contributed by atoms with Crippen molar-refractivity contribution >= 4 is 11.5 Å². The Hall–Kier alpha value is -3.29. The minimum Gasteiger partial charge on any atom is -0.345 e. The second-order valence-electron chi connectivity index (χ2n) is 7.24. The molecule has 0 spiro atoms. The van der Waals surface area contributed by atoms with Crippen molar-refractivity contribution in [3.63, 3.8) is 0 Å². The van der Waals surface area contributed by atoms with Gasteiger partial charge in [-0.15, -0.1) is 15.3 Å². The van der Waals surface area contributed by atoms with Gasteiger partial charge >= 0.3 is 0 Å². The second kappa shape index (κ2) is 7.27. The molecule has 0 amide bonds. The fraction of sp³-hybridized carbons (Fsp3) is 0.333. The van der Waals surface area contributed by atoms with E-state index in [2.05, 4.69) is 31.6 Å². The van der Waals surface area contributed by atoms with Gasteiger partial charge in [-0.05, 0) is 50.5 Å². The lowest BCUT2D eigenvalue weighted by atomic mass is 10.0. The van der Waals surface area contributed by atoms with Gasteiger partial charge in [-0.2, -0.15) is 4.52 Å².